The summed E-state index contributed by atoms with van der Waals surface area (Å²) in [6.45, 7) is 3.78. The molecule has 1 fully saturated rings. The minimum atomic E-state index is -0.904. The number of rotatable bonds is 4. The number of fused-ring (bicyclic) bond motifs is 1. The Balaban J connectivity index is 1.52. The van der Waals surface area contributed by atoms with Gasteiger partial charge in [-0.1, -0.05) is 6.92 Å². The minimum absolute atomic E-state index is 0.0702. The molecule has 0 unspecified atom stereocenters. The van der Waals surface area contributed by atoms with Crippen LogP contribution in [0.3, 0.4) is 0 Å². The molecule has 0 bridgehead atoms. The molecule has 0 aliphatic carbocycles. The number of piperidine rings is 1. The van der Waals surface area contributed by atoms with Crippen LogP contribution < -0.4 is 16.0 Å². The van der Waals surface area contributed by atoms with Crippen LogP contribution in [0.15, 0.2) is 48.9 Å². The number of halogens is 2. The fourth-order valence-electron chi connectivity index (χ4n) is 4.38. The minimum Gasteiger partial charge on any atom is -0.508 e. The number of benzene rings is 1. The average molecular weight is 451 g/mol. The number of phenolic OH excluding ortho intramolecular Hbond substituents is 1. The van der Waals surface area contributed by atoms with Gasteiger partial charge in [-0.2, -0.15) is 9.61 Å². The number of pyridine rings is 1. The van der Waals surface area contributed by atoms with Crippen LogP contribution in [0, 0.1) is 17.6 Å². The van der Waals surface area contributed by atoms with E-state index in [1.165, 1.54) is 10.6 Å². The molecule has 0 spiro atoms. The highest BCUT2D eigenvalue weighted by molar-refractivity contribution is 5.74. The number of nitrogens with one attached hydrogen (secondary N) is 1. The van der Waals surface area contributed by atoms with Gasteiger partial charge >= 0.3 is 0 Å². The number of nitrogens with zero attached hydrogens (tertiary/aromatic N) is 5. The molecule has 0 amide bonds. The summed E-state index contributed by atoms with van der Waals surface area (Å²) in [5, 5.41) is 17.1. The van der Waals surface area contributed by atoms with Gasteiger partial charge in [0.25, 0.3) is 0 Å². The van der Waals surface area contributed by atoms with Crippen LogP contribution in [-0.4, -0.2) is 43.8 Å². The van der Waals surface area contributed by atoms with Crippen molar-refractivity contribution in [2.24, 2.45) is 11.7 Å². The molecular formula is C23H23F2N7O. The second-order valence-corrected chi connectivity index (χ2v) is 8.45. The summed E-state index contributed by atoms with van der Waals surface area (Å²) < 4.78 is 30.3. The summed E-state index contributed by atoms with van der Waals surface area (Å²) >= 11 is 0. The molecule has 10 heteroatoms. The number of imidazole rings is 1. The van der Waals surface area contributed by atoms with Crippen LogP contribution in [0.5, 0.6) is 5.75 Å². The first-order valence-corrected chi connectivity index (χ1v) is 10.6. The standard InChI is InChI=1S/C23H23F2N7O/c1-13-6-14(26)12-31(11-13)21-4-5-27-10-20(21)29-23-28-9-15-2-3-19(30-32(15)23)22-17(24)7-16(33)8-18(22)25/h2-5,7-10,13-14,33H,6,11-12,26H2,1H3,(H,28,29)/t13-,14+/m1/s1. The van der Waals surface area contributed by atoms with Gasteiger partial charge in [0.2, 0.25) is 5.95 Å². The molecule has 3 aromatic heterocycles. The molecule has 8 nitrogen and oxygen atoms in total. The van der Waals surface area contributed by atoms with E-state index in [0.29, 0.717) is 17.4 Å². The first kappa shape index (κ1) is 21.1. The number of anilines is 3. The summed E-state index contributed by atoms with van der Waals surface area (Å²) in [7, 11) is 0. The van der Waals surface area contributed by atoms with Gasteiger partial charge in [0.05, 0.1) is 40.5 Å². The lowest BCUT2D eigenvalue weighted by atomic mass is 9.96. The van der Waals surface area contributed by atoms with Gasteiger partial charge in [0.1, 0.15) is 17.4 Å². The number of aromatic hydroxyl groups is 1. The third-order valence-electron chi connectivity index (χ3n) is 5.74. The Morgan fingerprint density at radius 2 is 1.91 bits per heavy atom. The van der Waals surface area contributed by atoms with Crippen molar-refractivity contribution in [2.45, 2.75) is 19.4 Å². The highest BCUT2D eigenvalue weighted by atomic mass is 19.1. The van der Waals surface area contributed by atoms with Gasteiger partial charge in [-0.3, -0.25) is 4.98 Å². The Morgan fingerprint density at radius 1 is 1.12 bits per heavy atom. The topological polar surface area (TPSA) is 105 Å². The Hall–Kier alpha value is -3.79. The van der Waals surface area contributed by atoms with E-state index in [0.717, 1.165) is 43.0 Å². The molecule has 0 radical (unpaired) electrons. The molecule has 4 aromatic rings. The maximum absolute atomic E-state index is 14.4. The summed E-state index contributed by atoms with van der Waals surface area (Å²) in [6.07, 6.45) is 6.01. The van der Waals surface area contributed by atoms with Gasteiger partial charge < -0.3 is 21.1 Å². The number of hydrogen-bond acceptors (Lipinski definition) is 7. The molecule has 1 aliphatic heterocycles. The SMILES string of the molecule is C[C@@H]1C[C@H](N)CN(c2ccncc2Nc2ncc3ccc(-c4c(F)cc(O)cc4F)nn23)C1. The van der Waals surface area contributed by atoms with Crippen LogP contribution in [0.4, 0.5) is 26.1 Å². The summed E-state index contributed by atoms with van der Waals surface area (Å²) in [4.78, 5) is 10.8. The molecule has 5 rings (SSSR count). The zero-order valence-electron chi connectivity index (χ0n) is 17.9. The van der Waals surface area contributed by atoms with Crippen LogP contribution in [0.2, 0.25) is 0 Å². The van der Waals surface area contributed by atoms with Crippen LogP contribution in [0.1, 0.15) is 13.3 Å². The molecule has 2 atom stereocenters. The Kier molecular flexibility index (Phi) is 5.29. The number of phenols is 1. The van der Waals surface area contributed by atoms with E-state index < -0.39 is 17.4 Å². The average Bonchev–Trinajstić information content (AvgIpc) is 3.15. The summed E-state index contributed by atoms with van der Waals surface area (Å²) in [5.74, 6) is -1.47. The maximum Gasteiger partial charge on any atom is 0.229 e. The molecule has 170 valence electrons. The lowest BCUT2D eigenvalue weighted by molar-refractivity contribution is 0.402. The number of aromatic nitrogens is 4. The molecule has 4 N–H and O–H groups in total. The van der Waals surface area contributed by atoms with Crippen molar-refractivity contribution in [3.63, 3.8) is 0 Å². The third kappa shape index (κ3) is 4.05. The Bertz CT molecular complexity index is 1290. The predicted octanol–water partition coefficient (Wildman–Crippen LogP) is 3.69. The zero-order valence-corrected chi connectivity index (χ0v) is 17.9. The van der Waals surface area contributed by atoms with E-state index in [1.54, 1.807) is 24.7 Å². The molecule has 1 aliphatic rings. The first-order chi connectivity index (χ1) is 15.9. The fraction of sp³-hybridized carbons (Fsp3) is 0.261. The molecule has 33 heavy (non-hydrogen) atoms. The fourth-order valence-corrected chi connectivity index (χ4v) is 4.38. The molecule has 1 saturated heterocycles. The zero-order chi connectivity index (χ0) is 23.1. The second kappa shape index (κ2) is 8.28. The van der Waals surface area contributed by atoms with Crippen molar-refractivity contribution in [1.29, 1.82) is 0 Å². The van der Waals surface area contributed by atoms with Crippen molar-refractivity contribution < 1.29 is 13.9 Å². The lowest BCUT2D eigenvalue weighted by Gasteiger charge is -2.37. The molecule has 1 aromatic carbocycles. The van der Waals surface area contributed by atoms with Gasteiger partial charge in [-0.25, -0.2) is 13.8 Å². The van der Waals surface area contributed by atoms with Crippen molar-refractivity contribution in [2.75, 3.05) is 23.3 Å². The van der Waals surface area contributed by atoms with Crippen LogP contribution >= 0.6 is 0 Å². The van der Waals surface area contributed by atoms with Crippen LogP contribution in [0.25, 0.3) is 16.8 Å². The Morgan fingerprint density at radius 3 is 2.67 bits per heavy atom. The first-order valence-electron chi connectivity index (χ1n) is 10.6. The number of hydrogen-bond donors (Lipinski definition) is 3. The lowest BCUT2D eigenvalue weighted by Crippen LogP contribution is -2.46. The summed E-state index contributed by atoms with van der Waals surface area (Å²) in [5.41, 5.74) is 8.28. The highest BCUT2D eigenvalue weighted by Crippen LogP contribution is 2.32. The summed E-state index contributed by atoms with van der Waals surface area (Å²) in [6, 6.07) is 6.88. The quantitative estimate of drug-likeness (QED) is 0.435. The van der Waals surface area contributed by atoms with Gasteiger partial charge in [0, 0.05) is 37.5 Å². The Labute approximate surface area is 188 Å². The van der Waals surface area contributed by atoms with E-state index >= 15 is 0 Å². The highest BCUT2D eigenvalue weighted by Gasteiger charge is 2.24. The van der Waals surface area contributed by atoms with E-state index in [-0.39, 0.29) is 17.3 Å². The van der Waals surface area contributed by atoms with Crippen LogP contribution in [-0.2, 0) is 0 Å². The van der Waals surface area contributed by atoms with E-state index in [1.807, 2.05) is 6.07 Å². The maximum atomic E-state index is 14.4. The van der Waals surface area contributed by atoms with E-state index in [4.69, 9.17) is 5.73 Å². The molecule has 0 saturated carbocycles. The van der Waals surface area contributed by atoms with Crippen molar-refractivity contribution in [1.82, 2.24) is 19.6 Å². The second-order valence-electron chi connectivity index (χ2n) is 8.45. The van der Waals surface area contributed by atoms with Gasteiger partial charge in [0.15, 0.2) is 0 Å². The molecular weight excluding hydrogens is 428 g/mol. The van der Waals surface area contributed by atoms with E-state index in [2.05, 4.69) is 32.2 Å². The normalized spacial score (nSPS) is 18.6. The van der Waals surface area contributed by atoms with Crippen molar-refractivity contribution in [3.05, 3.63) is 60.6 Å². The van der Waals surface area contributed by atoms with Gasteiger partial charge in [-0.05, 0) is 30.5 Å². The monoisotopic (exact) mass is 451 g/mol. The van der Waals surface area contributed by atoms with Crippen molar-refractivity contribution in [3.8, 4) is 17.0 Å². The predicted molar refractivity (Wildman–Crippen MR) is 121 cm³/mol. The largest absolute Gasteiger partial charge is 0.508 e. The van der Waals surface area contributed by atoms with Gasteiger partial charge in [-0.15, -0.1) is 0 Å². The number of nitrogens with two attached hydrogens (primary N) is 1. The van der Waals surface area contributed by atoms with Crippen molar-refractivity contribution >= 4 is 22.8 Å². The third-order valence-corrected chi connectivity index (χ3v) is 5.74. The van der Waals surface area contributed by atoms with E-state index in [9.17, 15) is 13.9 Å². The molecule has 4 heterocycles. The smallest absolute Gasteiger partial charge is 0.229 e.